The fourth-order valence-electron chi connectivity index (χ4n) is 1.41. The lowest BCUT2D eigenvalue weighted by Crippen LogP contribution is -2.27. The number of aliphatic hydroxyl groups is 1. The molecule has 1 aliphatic rings. The maximum atomic E-state index is 13.7. The van der Waals surface area contributed by atoms with E-state index in [9.17, 15) is 17.2 Å². The number of sulfonamides is 1. The fourth-order valence-corrected chi connectivity index (χ4v) is 2.82. The zero-order valence-corrected chi connectivity index (χ0v) is 9.60. The predicted octanol–water partition coefficient (Wildman–Crippen LogP) is 0.898. The first kappa shape index (κ1) is 12.4. The summed E-state index contributed by atoms with van der Waals surface area (Å²) in [6, 6.07) is 1.52. The molecule has 0 aliphatic heterocycles. The molecular formula is C10H11F2NO3S. The second kappa shape index (κ2) is 4.32. The van der Waals surface area contributed by atoms with Crippen molar-refractivity contribution in [3.63, 3.8) is 0 Å². The molecule has 7 heteroatoms. The Kier molecular flexibility index (Phi) is 3.15. The van der Waals surface area contributed by atoms with E-state index in [4.69, 9.17) is 5.11 Å². The molecule has 0 amide bonds. The topological polar surface area (TPSA) is 66.4 Å². The van der Waals surface area contributed by atoms with Crippen molar-refractivity contribution in [3.05, 3.63) is 29.3 Å². The highest BCUT2D eigenvalue weighted by atomic mass is 32.2. The summed E-state index contributed by atoms with van der Waals surface area (Å²) in [4.78, 5) is -0.630. The van der Waals surface area contributed by atoms with Crippen molar-refractivity contribution in [2.24, 2.45) is 0 Å². The van der Waals surface area contributed by atoms with Crippen LogP contribution in [-0.4, -0.2) is 19.6 Å². The molecule has 1 saturated carbocycles. The molecule has 0 spiro atoms. The van der Waals surface area contributed by atoms with Crippen molar-refractivity contribution in [2.75, 3.05) is 0 Å². The largest absolute Gasteiger partial charge is 0.391 e. The van der Waals surface area contributed by atoms with Gasteiger partial charge < -0.3 is 5.11 Å². The van der Waals surface area contributed by atoms with Gasteiger partial charge in [0.25, 0.3) is 0 Å². The minimum Gasteiger partial charge on any atom is -0.391 e. The Labute approximate surface area is 97.3 Å². The van der Waals surface area contributed by atoms with E-state index in [2.05, 4.69) is 4.72 Å². The molecule has 0 unspecified atom stereocenters. The Bertz CT molecular complexity index is 541. The van der Waals surface area contributed by atoms with Crippen LogP contribution in [0.1, 0.15) is 18.4 Å². The summed E-state index contributed by atoms with van der Waals surface area (Å²) in [6.45, 7) is -0.884. The Hall–Kier alpha value is -1.05. The predicted molar refractivity (Wildman–Crippen MR) is 55.6 cm³/mol. The van der Waals surface area contributed by atoms with E-state index < -0.39 is 38.7 Å². The molecule has 1 aromatic carbocycles. The van der Waals surface area contributed by atoms with E-state index in [0.717, 1.165) is 25.0 Å². The van der Waals surface area contributed by atoms with E-state index in [1.165, 1.54) is 0 Å². The molecule has 0 radical (unpaired) electrons. The summed E-state index contributed by atoms with van der Waals surface area (Å²) in [5.41, 5.74) is -0.635. The van der Waals surface area contributed by atoms with E-state index in [0.29, 0.717) is 0 Å². The highest BCUT2D eigenvalue weighted by Crippen LogP contribution is 2.25. The molecule has 0 bridgehead atoms. The lowest BCUT2D eigenvalue weighted by molar-refractivity contribution is 0.267. The molecule has 0 saturated heterocycles. The summed E-state index contributed by atoms with van der Waals surface area (Å²) in [5.74, 6) is -2.20. The van der Waals surface area contributed by atoms with Crippen LogP contribution in [0.15, 0.2) is 17.0 Å². The van der Waals surface area contributed by atoms with E-state index in [1.54, 1.807) is 0 Å². The number of aliphatic hydroxyl groups excluding tert-OH is 1. The minimum absolute atomic E-state index is 0.165. The van der Waals surface area contributed by atoms with E-state index in [1.807, 2.05) is 0 Å². The molecule has 0 atom stereocenters. The summed E-state index contributed by atoms with van der Waals surface area (Å²) < 4.78 is 52.5. The number of rotatable bonds is 4. The molecule has 0 aromatic heterocycles. The average Bonchev–Trinajstić information content (AvgIpc) is 3.01. The van der Waals surface area contributed by atoms with Gasteiger partial charge in [-0.1, -0.05) is 0 Å². The zero-order valence-electron chi connectivity index (χ0n) is 8.78. The minimum atomic E-state index is -3.98. The van der Waals surface area contributed by atoms with Crippen molar-refractivity contribution >= 4 is 10.0 Å². The summed E-state index contributed by atoms with van der Waals surface area (Å²) >= 11 is 0. The molecule has 2 N–H and O–H groups in total. The second-order valence-corrected chi connectivity index (χ2v) is 5.57. The lowest BCUT2D eigenvalue weighted by atomic mass is 10.2. The summed E-state index contributed by atoms with van der Waals surface area (Å²) in [5, 5.41) is 8.79. The second-order valence-electron chi connectivity index (χ2n) is 3.89. The highest BCUT2D eigenvalue weighted by molar-refractivity contribution is 7.89. The van der Waals surface area contributed by atoms with Crippen LogP contribution < -0.4 is 4.72 Å². The number of nitrogens with one attached hydrogen (secondary N) is 1. The van der Waals surface area contributed by atoms with Gasteiger partial charge >= 0.3 is 0 Å². The van der Waals surface area contributed by atoms with Crippen LogP contribution in [0.3, 0.4) is 0 Å². The van der Waals surface area contributed by atoms with Gasteiger partial charge in [-0.25, -0.2) is 21.9 Å². The molecule has 0 heterocycles. The highest BCUT2D eigenvalue weighted by Gasteiger charge is 2.30. The molecule has 17 heavy (non-hydrogen) atoms. The fraction of sp³-hybridized carbons (Fsp3) is 0.400. The van der Waals surface area contributed by atoms with Crippen LogP contribution in [0.4, 0.5) is 8.78 Å². The van der Waals surface area contributed by atoms with Crippen molar-refractivity contribution in [1.82, 2.24) is 4.72 Å². The van der Waals surface area contributed by atoms with Crippen LogP contribution in [0, 0.1) is 11.6 Å². The molecular weight excluding hydrogens is 252 g/mol. The normalized spacial score (nSPS) is 16.2. The smallest absolute Gasteiger partial charge is 0.243 e. The van der Waals surface area contributed by atoms with Gasteiger partial charge in [-0.15, -0.1) is 0 Å². The van der Waals surface area contributed by atoms with Crippen LogP contribution in [0.25, 0.3) is 0 Å². The maximum absolute atomic E-state index is 13.7. The summed E-state index contributed by atoms with van der Waals surface area (Å²) in [6.07, 6.45) is 1.43. The van der Waals surface area contributed by atoms with Crippen LogP contribution >= 0.6 is 0 Å². The number of halogens is 2. The first-order chi connectivity index (χ1) is 7.95. The van der Waals surface area contributed by atoms with Gasteiger partial charge in [0.1, 0.15) is 10.7 Å². The van der Waals surface area contributed by atoms with Crippen molar-refractivity contribution < 1.29 is 22.3 Å². The van der Waals surface area contributed by atoms with Crippen molar-refractivity contribution in [3.8, 4) is 0 Å². The van der Waals surface area contributed by atoms with Crippen LogP contribution in [0.2, 0.25) is 0 Å². The van der Waals surface area contributed by atoms with Gasteiger partial charge in [-0.05, 0) is 25.0 Å². The Balaban J connectivity index is 2.44. The zero-order chi connectivity index (χ0) is 12.6. The van der Waals surface area contributed by atoms with Gasteiger partial charge in [0.15, 0.2) is 5.82 Å². The Morgan fingerprint density at radius 3 is 2.53 bits per heavy atom. The third kappa shape index (κ3) is 2.46. The van der Waals surface area contributed by atoms with Crippen LogP contribution in [-0.2, 0) is 16.6 Å². The van der Waals surface area contributed by atoms with Gasteiger partial charge in [-0.3, -0.25) is 0 Å². The summed E-state index contributed by atoms with van der Waals surface area (Å²) in [7, 11) is -3.98. The third-order valence-electron chi connectivity index (χ3n) is 2.50. The number of hydrogen-bond acceptors (Lipinski definition) is 3. The molecule has 1 aliphatic carbocycles. The van der Waals surface area contributed by atoms with Crippen molar-refractivity contribution in [2.45, 2.75) is 30.4 Å². The van der Waals surface area contributed by atoms with Crippen molar-refractivity contribution in [1.29, 1.82) is 0 Å². The average molecular weight is 263 g/mol. The third-order valence-corrected chi connectivity index (χ3v) is 4.04. The number of hydrogen-bond donors (Lipinski definition) is 2. The SMILES string of the molecule is O=S(=O)(NC1CC1)c1ccc(F)c(CO)c1F. The molecule has 1 fully saturated rings. The van der Waals surface area contributed by atoms with Gasteiger partial charge in [0.05, 0.1) is 12.2 Å². The maximum Gasteiger partial charge on any atom is 0.243 e. The lowest BCUT2D eigenvalue weighted by Gasteiger charge is -2.09. The Morgan fingerprint density at radius 2 is 2.00 bits per heavy atom. The van der Waals surface area contributed by atoms with E-state index >= 15 is 0 Å². The molecule has 4 nitrogen and oxygen atoms in total. The van der Waals surface area contributed by atoms with Gasteiger partial charge in [0.2, 0.25) is 10.0 Å². The molecule has 94 valence electrons. The Morgan fingerprint density at radius 1 is 1.35 bits per heavy atom. The van der Waals surface area contributed by atoms with E-state index in [-0.39, 0.29) is 6.04 Å². The van der Waals surface area contributed by atoms with Gasteiger partial charge in [-0.2, -0.15) is 0 Å². The molecule has 1 aromatic rings. The first-order valence-electron chi connectivity index (χ1n) is 5.06. The number of benzene rings is 1. The standard InChI is InChI=1S/C10H11F2NO3S/c11-8-3-4-9(10(12)7(8)5-14)17(15,16)13-6-1-2-6/h3-4,6,13-14H,1-2,5H2. The first-order valence-corrected chi connectivity index (χ1v) is 6.54. The van der Waals surface area contributed by atoms with Crippen LogP contribution in [0.5, 0.6) is 0 Å². The molecule has 2 rings (SSSR count). The van der Waals surface area contributed by atoms with Gasteiger partial charge in [0, 0.05) is 6.04 Å². The quantitative estimate of drug-likeness (QED) is 0.848. The monoisotopic (exact) mass is 263 g/mol.